The first-order chi connectivity index (χ1) is 61.4. The van der Waals surface area contributed by atoms with Gasteiger partial charge in [0.2, 0.25) is 0 Å². The molecule has 7 heterocycles. The second-order valence-corrected chi connectivity index (χ2v) is 37.1. The third-order valence-corrected chi connectivity index (χ3v) is 31.1. The van der Waals surface area contributed by atoms with Crippen LogP contribution in [-0.2, 0) is 15.4 Å². The minimum absolute atomic E-state index is 0.453. The maximum atomic E-state index is 15.1. The molecular formula is C115H72N5OPS2. The number of nitrogens with zero attached hydrogens (tertiary/aromatic N) is 5. The Balaban J connectivity index is 0.000000140. The van der Waals surface area contributed by atoms with Gasteiger partial charge in [-0.25, -0.2) is 15.0 Å². The Kier molecular flexibility index (Phi) is 17.4. The second-order valence-electron chi connectivity index (χ2n) is 32.2. The van der Waals surface area contributed by atoms with Crippen LogP contribution in [0.5, 0.6) is 0 Å². The maximum Gasteiger partial charge on any atom is 0.171 e. The summed E-state index contributed by atoms with van der Waals surface area (Å²) in [5.41, 5.74) is 30.8. The molecule has 0 radical (unpaired) electrons. The molecule has 9 heteroatoms. The summed E-state index contributed by atoms with van der Waals surface area (Å²) in [6.45, 7) is 0. The van der Waals surface area contributed by atoms with Crippen molar-refractivity contribution < 1.29 is 4.57 Å². The van der Waals surface area contributed by atoms with E-state index in [9.17, 15) is 0 Å². The van der Waals surface area contributed by atoms with Gasteiger partial charge in [-0.15, -0.1) is 0 Å². The van der Waals surface area contributed by atoms with Crippen molar-refractivity contribution in [2.24, 2.45) is 0 Å². The van der Waals surface area contributed by atoms with Crippen LogP contribution >= 0.6 is 30.7 Å². The van der Waals surface area contributed by atoms with Crippen LogP contribution in [0.4, 0.5) is 0 Å². The summed E-state index contributed by atoms with van der Waals surface area (Å²) in [6, 6.07) is 151. The third-order valence-electron chi connectivity index (χ3n) is 25.7. The van der Waals surface area contributed by atoms with Crippen LogP contribution in [0.25, 0.3) is 144 Å². The zero-order valence-corrected chi connectivity index (χ0v) is 69.5. The highest BCUT2D eigenvalue weighted by Crippen LogP contribution is 2.66. The highest BCUT2D eigenvalue weighted by Gasteiger charge is 2.52. The molecule has 5 aromatic heterocycles. The lowest BCUT2D eigenvalue weighted by molar-refractivity contribution is 0.592. The number of fused-ring (bicyclic) bond motifs is 26. The Hall–Kier alpha value is -14.8. The quantitative estimate of drug-likeness (QED) is 0.0990. The number of benzene rings is 16. The Bertz CT molecular complexity index is 7770. The number of hydrogen-bond acceptors (Lipinski definition) is 8. The number of rotatable bonds is 10. The standard InChI is InChI=1S/C59H36N4S.C56H36NOPS/c1-4-19-46-42(16-1)43-17-2-5-20-47(43)59(46)48-21-6-8-25-55(48)64-58-49(59)31-30-45-56(58)44-18-3-7-22-50(44)63-57(45)40-15-13-14-39(34-40)37-26-28-38(29-27-37)41-35-53(51-23-9-11-32-60-51)62-54(36-41)52-24-10-12-33-61-52;58-59(40-18-3-1-4-19-40,41-20-5-2-6-21-41)42-32-30-37(31-33-42)38-16-15-17-39(36-38)54-46-34-35-50-55(53(46)45-24-9-13-28-51(45)57-54)60-52-29-14-12-27-49(52)56(50)47-25-10-7-22-43(47)44-23-8-11-26-48(44)56/h1-36H;1-36H. The van der Waals surface area contributed by atoms with Crippen molar-refractivity contribution in [3.63, 3.8) is 0 Å². The third kappa shape index (κ3) is 11.4. The van der Waals surface area contributed by atoms with Gasteiger partial charge in [0.25, 0.3) is 0 Å². The van der Waals surface area contributed by atoms with Gasteiger partial charge in [0, 0.05) is 91.3 Å². The summed E-state index contributed by atoms with van der Waals surface area (Å²) in [4.78, 5) is 30.2. The average Bonchev–Trinajstić information content (AvgIpc) is 1.45. The molecule has 4 aliphatic rings. The normalized spacial score (nSPS) is 13.3. The molecule has 0 amide bonds. The van der Waals surface area contributed by atoms with Crippen molar-refractivity contribution in [1.29, 1.82) is 0 Å². The smallest absolute Gasteiger partial charge is 0.171 e. The minimum atomic E-state index is -3.08. The number of hydrogen-bond donors (Lipinski definition) is 0. The number of aromatic nitrogens is 5. The molecule has 21 aromatic rings. The van der Waals surface area contributed by atoms with Gasteiger partial charge in [0.1, 0.15) is 0 Å². The zero-order chi connectivity index (χ0) is 82.0. The van der Waals surface area contributed by atoms with E-state index in [1.807, 2.05) is 133 Å². The van der Waals surface area contributed by atoms with Crippen LogP contribution in [0.15, 0.2) is 457 Å². The van der Waals surface area contributed by atoms with E-state index >= 15 is 4.57 Å². The van der Waals surface area contributed by atoms with E-state index in [1.165, 1.54) is 103 Å². The molecule has 2 aliphatic heterocycles. The Morgan fingerprint density at radius 3 is 0.992 bits per heavy atom. The van der Waals surface area contributed by atoms with Crippen LogP contribution in [0.3, 0.4) is 0 Å². The molecule has 580 valence electrons. The van der Waals surface area contributed by atoms with E-state index in [2.05, 4.69) is 325 Å². The number of pyridine rings is 5. The first kappa shape index (κ1) is 73.2. The fraction of sp³-hybridized carbons (Fsp3) is 0.0174. The van der Waals surface area contributed by atoms with Crippen molar-refractivity contribution in [3.8, 4) is 101 Å². The topological polar surface area (TPSA) is 81.5 Å². The van der Waals surface area contributed by atoms with Gasteiger partial charge < -0.3 is 4.57 Å². The molecule has 0 fully saturated rings. The molecule has 6 nitrogen and oxygen atoms in total. The van der Waals surface area contributed by atoms with Gasteiger partial charge in [-0.3, -0.25) is 9.97 Å². The lowest BCUT2D eigenvalue weighted by Crippen LogP contribution is -2.32. The summed E-state index contributed by atoms with van der Waals surface area (Å²) < 4.78 is 15.1. The Morgan fingerprint density at radius 2 is 0.573 bits per heavy atom. The van der Waals surface area contributed by atoms with Crippen molar-refractivity contribution in [2.75, 3.05) is 0 Å². The summed E-state index contributed by atoms with van der Waals surface area (Å²) in [5.74, 6) is 0. The van der Waals surface area contributed by atoms with Gasteiger partial charge >= 0.3 is 0 Å². The molecule has 0 bridgehead atoms. The van der Waals surface area contributed by atoms with Gasteiger partial charge in [0.05, 0.1) is 56.0 Å². The van der Waals surface area contributed by atoms with Crippen LogP contribution in [0, 0.1) is 0 Å². The molecule has 0 saturated carbocycles. The fourth-order valence-corrected chi connectivity index (χ4v) is 25.6. The van der Waals surface area contributed by atoms with Crippen molar-refractivity contribution in [2.45, 2.75) is 30.4 Å². The molecule has 0 atom stereocenters. The monoisotopic (exact) mass is 1630 g/mol. The lowest BCUT2D eigenvalue weighted by Gasteiger charge is -2.40. The van der Waals surface area contributed by atoms with Crippen molar-refractivity contribution in [3.05, 3.63) is 482 Å². The SMILES string of the molecule is O=P(c1ccccc1)(c1ccccc1)c1ccc(-c2cccc(-c3nc4ccccc4c4c5c(ccc34)C3(c4ccccc4S5)c4ccccc4-c4ccccc43)c2)cc1.c1ccc(-c2cc(-c3ccc(-c4cccc(-c5nc6ccccc6c6c7c(ccc56)C5(c6ccccc6S7)c6ccccc6-c6ccccc65)c4)cc3)cc(-c3ccccn3)n2)nc1. The molecule has 25 rings (SSSR count). The van der Waals surface area contributed by atoms with Crippen LogP contribution in [0.2, 0.25) is 0 Å². The summed E-state index contributed by atoms with van der Waals surface area (Å²) in [6.07, 6.45) is 3.61. The molecule has 16 aromatic carbocycles. The molecule has 2 aliphatic carbocycles. The molecule has 0 N–H and O–H groups in total. The summed E-state index contributed by atoms with van der Waals surface area (Å²) in [5, 5.41) is 9.57. The van der Waals surface area contributed by atoms with Gasteiger partial charge in [-0.2, -0.15) is 0 Å². The van der Waals surface area contributed by atoms with Crippen LogP contribution < -0.4 is 15.9 Å². The highest BCUT2D eigenvalue weighted by atomic mass is 32.2. The first-order valence-electron chi connectivity index (χ1n) is 42.0. The van der Waals surface area contributed by atoms with Crippen molar-refractivity contribution in [1.82, 2.24) is 24.9 Å². The molecular weight excluding hydrogens is 1560 g/mol. The highest BCUT2D eigenvalue weighted by molar-refractivity contribution is 8.00. The predicted molar refractivity (Wildman–Crippen MR) is 512 cm³/mol. The van der Waals surface area contributed by atoms with E-state index in [1.54, 1.807) is 12.4 Å². The van der Waals surface area contributed by atoms with E-state index in [4.69, 9.17) is 15.0 Å². The van der Waals surface area contributed by atoms with Crippen LogP contribution in [0.1, 0.15) is 44.5 Å². The average molecular weight is 1630 g/mol. The summed E-state index contributed by atoms with van der Waals surface area (Å²) in [7, 11) is -3.08. The van der Waals surface area contributed by atoms with E-state index in [0.717, 1.165) is 122 Å². The second kappa shape index (κ2) is 29.6. The predicted octanol–water partition coefficient (Wildman–Crippen LogP) is 27.9. The zero-order valence-electron chi connectivity index (χ0n) is 67.0. The maximum absolute atomic E-state index is 15.1. The summed E-state index contributed by atoms with van der Waals surface area (Å²) >= 11 is 3.79. The molecule has 124 heavy (non-hydrogen) atoms. The number of para-hydroxylation sites is 2. The van der Waals surface area contributed by atoms with Crippen LogP contribution in [-0.4, -0.2) is 24.9 Å². The van der Waals surface area contributed by atoms with E-state index in [-0.39, 0.29) is 0 Å². The van der Waals surface area contributed by atoms with Gasteiger partial charge in [-0.1, -0.05) is 375 Å². The van der Waals surface area contributed by atoms with E-state index < -0.39 is 18.0 Å². The molecule has 0 unspecified atom stereocenters. The van der Waals surface area contributed by atoms with Gasteiger partial charge in [0.15, 0.2) is 7.14 Å². The molecule has 2 spiro atoms. The van der Waals surface area contributed by atoms with Crippen molar-refractivity contribution >= 4 is 89.9 Å². The first-order valence-corrected chi connectivity index (χ1v) is 45.3. The lowest BCUT2D eigenvalue weighted by atomic mass is 9.67. The minimum Gasteiger partial charge on any atom is -0.309 e. The molecule has 0 saturated heterocycles. The Morgan fingerprint density at radius 1 is 0.226 bits per heavy atom. The van der Waals surface area contributed by atoms with Gasteiger partial charge in [-0.05, 0) is 173 Å². The fourth-order valence-electron chi connectivity index (χ4n) is 20.3. The Labute approximate surface area is 726 Å². The largest absolute Gasteiger partial charge is 0.309 e. The van der Waals surface area contributed by atoms with E-state index in [0.29, 0.717) is 0 Å².